The van der Waals surface area contributed by atoms with E-state index in [0.29, 0.717) is 0 Å². The van der Waals surface area contributed by atoms with Gasteiger partial charge in [-0.1, -0.05) is 23.2 Å². The molecule has 0 saturated carbocycles. The van der Waals surface area contributed by atoms with Crippen LogP contribution in [0.5, 0.6) is 0 Å². The predicted octanol–water partition coefficient (Wildman–Crippen LogP) is 2.05. The van der Waals surface area contributed by atoms with E-state index in [1.54, 1.807) is 6.07 Å². The van der Waals surface area contributed by atoms with Crippen molar-refractivity contribution in [2.45, 2.75) is 4.90 Å². The fourth-order valence-electron chi connectivity index (χ4n) is 1.24. The van der Waals surface area contributed by atoms with Crippen molar-refractivity contribution in [2.24, 2.45) is 0 Å². The first-order valence-electron chi connectivity index (χ1n) is 4.69. The number of hydrogen-bond donors (Lipinski definition) is 0. The molecule has 0 aromatic heterocycles. The van der Waals surface area contributed by atoms with Gasteiger partial charge >= 0.3 is 5.69 Å². The van der Waals surface area contributed by atoms with Gasteiger partial charge in [0.25, 0.3) is 0 Å². The second-order valence-corrected chi connectivity index (χ2v) is 6.18. The standard InChI is InChI=1S/C9H7Cl2N3O4S/c1-13(5-4-12)19(17,18)7-3-2-6(10)9(8(7)11)14(15)16/h2-3H,5H2,1H3. The van der Waals surface area contributed by atoms with E-state index in [9.17, 15) is 18.5 Å². The molecule has 0 radical (unpaired) electrons. The average molecular weight is 324 g/mol. The quantitative estimate of drug-likeness (QED) is 0.479. The van der Waals surface area contributed by atoms with Gasteiger partial charge in [0.05, 0.1) is 11.0 Å². The summed E-state index contributed by atoms with van der Waals surface area (Å²) >= 11 is 11.3. The van der Waals surface area contributed by atoms with E-state index >= 15 is 0 Å². The Labute approximate surface area is 119 Å². The molecule has 0 N–H and O–H groups in total. The third kappa shape index (κ3) is 2.96. The lowest BCUT2D eigenvalue weighted by Gasteiger charge is -2.14. The lowest BCUT2D eigenvalue weighted by Crippen LogP contribution is -2.27. The van der Waals surface area contributed by atoms with E-state index in [-0.39, 0.29) is 5.02 Å². The number of nitro benzene ring substituents is 1. The Hall–Kier alpha value is -1.40. The number of nitrogens with zero attached hydrogens (tertiary/aromatic N) is 3. The van der Waals surface area contributed by atoms with Crippen LogP contribution < -0.4 is 0 Å². The summed E-state index contributed by atoms with van der Waals surface area (Å²) in [4.78, 5) is 9.46. The lowest BCUT2D eigenvalue weighted by molar-refractivity contribution is -0.384. The monoisotopic (exact) mass is 323 g/mol. The van der Waals surface area contributed by atoms with Gasteiger partial charge in [-0.3, -0.25) is 10.1 Å². The summed E-state index contributed by atoms with van der Waals surface area (Å²) in [5, 5.41) is 18.4. The molecule has 0 heterocycles. The minimum atomic E-state index is -4.09. The van der Waals surface area contributed by atoms with Gasteiger partial charge in [-0.2, -0.15) is 9.57 Å². The van der Waals surface area contributed by atoms with Crippen molar-refractivity contribution in [3.8, 4) is 6.07 Å². The molecule has 0 aliphatic rings. The third-order valence-corrected chi connectivity index (χ3v) is 4.84. The number of hydrogen-bond acceptors (Lipinski definition) is 5. The second-order valence-electron chi connectivity index (χ2n) is 3.38. The Morgan fingerprint density at radius 1 is 1.47 bits per heavy atom. The van der Waals surface area contributed by atoms with Crippen LogP contribution in [0.2, 0.25) is 10.0 Å². The van der Waals surface area contributed by atoms with Crippen molar-refractivity contribution in [3.05, 3.63) is 32.3 Å². The number of halogens is 2. The highest BCUT2D eigenvalue weighted by Gasteiger charge is 2.30. The molecular formula is C9H7Cl2N3O4S. The Morgan fingerprint density at radius 2 is 2.05 bits per heavy atom. The van der Waals surface area contributed by atoms with Crippen LogP contribution >= 0.6 is 23.2 Å². The maximum atomic E-state index is 12.1. The minimum Gasteiger partial charge on any atom is -0.258 e. The smallest absolute Gasteiger partial charge is 0.258 e. The van der Waals surface area contributed by atoms with Crippen molar-refractivity contribution in [1.29, 1.82) is 5.26 Å². The van der Waals surface area contributed by atoms with Gasteiger partial charge in [0.2, 0.25) is 10.0 Å². The van der Waals surface area contributed by atoms with E-state index in [1.165, 1.54) is 0 Å². The summed E-state index contributed by atoms with van der Waals surface area (Å²) in [6.07, 6.45) is 0. The molecule has 1 rings (SSSR count). The van der Waals surface area contributed by atoms with Crippen molar-refractivity contribution in [3.63, 3.8) is 0 Å². The van der Waals surface area contributed by atoms with Crippen LogP contribution in [0.25, 0.3) is 0 Å². The zero-order chi connectivity index (χ0) is 14.8. The first-order chi connectivity index (χ1) is 8.73. The highest BCUT2D eigenvalue weighted by atomic mass is 35.5. The molecule has 0 spiro atoms. The molecule has 0 unspecified atom stereocenters. The van der Waals surface area contributed by atoms with Gasteiger partial charge in [-0.25, -0.2) is 8.42 Å². The first kappa shape index (κ1) is 15.7. The number of sulfonamides is 1. The van der Waals surface area contributed by atoms with E-state index < -0.39 is 37.1 Å². The van der Waals surface area contributed by atoms with Gasteiger partial charge in [-0.05, 0) is 12.1 Å². The fraction of sp³-hybridized carbons (Fsp3) is 0.222. The molecule has 7 nitrogen and oxygen atoms in total. The van der Waals surface area contributed by atoms with Gasteiger partial charge in [0, 0.05) is 7.05 Å². The Kier molecular flexibility index (Phi) is 4.70. The molecule has 1 aromatic rings. The summed E-state index contributed by atoms with van der Waals surface area (Å²) in [6, 6.07) is 3.78. The molecule has 102 valence electrons. The number of benzene rings is 1. The van der Waals surface area contributed by atoms with Crippen molar-refractivity contribution in [1.82, 2.24) is 4.31 Å². The second kappa shape index (κ2) is 5.71. The van der Waals surface area contributed by atoms with Gasteiger partial charge in [0.1, 0.15) is 21.5 Å². The van der Waals surface area contributed by atoms with Gasteiger partial charge in [0.15, 0.2) is 0 Å². The van der Waals surface area contributed by atoms with Crippen LogP contribution in [0.3, 0.4) is 0 Å². The van der Waals surface area contributed by atoms with Gasteiger partial charge < -0.3 is 0 Å². The topological polar surface area (TPSA) is 104 Å². The lowest BCUT2D eigenvalue weighted by atomic mass is 10.3. The maximum Gasteiger partial charge on any atom is 0.307 e. The number of rotatable bonds is 4. The van der Waals surface area contributed by atoms with Crippen LogP contribution in [0.1, 0.15) is 0 Å². The molecular weight excluding hydrogens is 317 g/mol. The molecule has 0 aliphatic carbocycles. The highest BCUT2D eigenvalue weighted by molar-refractivity contribution is 7.89. The molecule has 0 atom stereocenters. The fourth-order valence-corrected chi connectivity index (χ4v) is 3.17. The summed E-state index contributed by atoms with van der Waals surface area (Å²) in [6.45, 7) is -0.408. The van der Waals surface area contributed by atoms with Crippen LogP contribution in [0.4, 0.5) is 5.69 Å². The Morgan fingerprint density at radius 3 is 2.53 bits per heavy atom. The SMILES string of the molecule is CN(CC#N)S(=O)(=O)c1ccc(Cl)c([N+](=O)[O-])c1Cl. The van der Waals surface area contributed by atoms with Crippen LogP contribution in [0.15, 0.2) is 17.0 Å². The molecule has 1 aromatic carbocycles. The van der Waals surface area contributed by atoms with E-state index in [2.05, 4.69) is 0 Å². The van der Waals surface area contributed by atoms with Crippen LogP contribution in [-0.2, 0) is 10.0 Å². The molecule has 0 bridgehead atoms. The van der Waals surface area contributed by atoms with Crippen molar-refractivity contribution >= 4 is 38.9 Å². The molecule has 19 heavy (non-hydrogen) atoms. The Bertz CT molecular complexity index is 669. The minimum absolute atomic E-state index is 0.267. The highest BCUT2D eigenvalue weighted by Crippen LogP contribution is 2.37. The largest absolute Gasteiger partial charge is 0.307 e. The third-order valence-electron chi connectivity index (χ3n) is 2.20. The zero-order valence-electron chi connectivity index (χ0n) is 9.50. The van der Waals surface area contributed by atoms with E-state index in [0.717, 1.165) is 23.5 Å². The first-order valence-corrected chi connectivity index (χ1v) is 6.88. The summed E-state index contributed by atoms with van der Waals surface area (Å²) in [5.74, 6) is 0. The number of nitriles is 1. The maximum absolute atomic E-state index is 12.1. The molecule has 0 saturated heterocycles. The molecule has 0 amide bonds. The predicted molar refractivity (Wildman–Crippen MR) is 68.5 cm³/mol. The zero-order valence-corrected chi connectivity index (χ0v) is 11.8. The van der Waals surface area contributed by atoms with Crippen LogP contribution in [-0.4, -0.2) is 31.2 Å². The van der Waals surface area contributed by atoms with E-state index in [1.807, 2.05) is 0 Å². The molecule has 0 aliphatic heterocycles. The molecule has 10 heteroatoms. The van der Waals surface area contributed by atoms with Gasteiger partial charge in [-0.15, -0.1) is 0 Å². The van der Waals surface area contributed by atoms with Crippen LogP contribution in [0, 0.1) is 21.4 Å². The van der Waals surface area contributed by atoms with Crippen molar-refractivity contribution < 1.29 is 13.3 Å². The summed E-state index contributed by atoms with van der Waals surface area (Å²) < 4.78 is 24.8. The van der Waals surface area contributed by atoms with E-state index in [4.69, 9.17) is 28.5 Å². The Balaban J connectivity index is 3.51. The summed E-state index contributed by atoms with van der Waals surface area (Å²) in [5.41, 5.74) is -0.685. The van der Waals surface area contributed by atoms with Crippen molar-refractivity contribution in [2.75, 3.05) is 13.6 Å². The molecule has 0 fully saturated rings. The average Bonchev–Trinajstić information content (AvgIpc) is 2.28. The normalized spacial score (nSPS) is 11.3. The summed E-state index contributed by atoms with van der Waals surface area (Å²) in [7, 11) is -2.93. The number of nitro groups is 1.